The molecule has 3 N–H and O–H groups in total. The topological polar surface area (TPSA) is 53.2 Å². The van der Waals surface area contributed by atoms with E-state index < -0.39 is 15.9 Å². The number of anilines is 1. The molecule has 1 atom stereocenters. The lowest BCUT2D eigenvalue weighted by atomic mass is 10.1. The van der Waals surface area contributed by atoms with E-state index in [0.29, 0.717) is 16.3 Å². The number of carbonyl (C=O) groups is 1. The van der Waals surface area contributed by atoms with Crippen LogP contribution in [0.3, 0.4) is 0 Å². The largest absolute Gasteiger partial charge is 0.339 e. The van der Waals surface area contributed by atoms with E-state index in [1.807, 2.05) is 19.1 Å². The van der Waals surface area contributed by atoms with Crippen molar-refractivity contribution in [3.63, 3.8) is 0 Å². The Bertz CT molecular complexity index is 793. The first-order chi connectivity index (χ1) is 12.2. The van der Waals surface area contributed by atoms with Gasteiger partial charge in [0.2, 0.25) is 3.79 Å². The molecule has 0 spiro atoms. The Morgan fingerprint density at radius 2 is 1.65 bits per heavy atom. The molecule has 2 aromatic rings. The molecule has 1 unspecified atom stereocenters. The van der Waals surface area contributed by atoms with Gasteiger partial charge in [0.05, 0.1) is 10.7 Å². The first-order valence-electron chi connectivity index (χ1n) is 7.43. The zero-order chi connectivity index (χ0) is 19.3. The lowest BCUT2D eigenvalue weighted by molar-refractivity contribution is 0.0934. The van der Waals surface area contributed by atoms with Crippen LogP contribution in [0.1, 0.15) is 15.9 Å². The highest BCUT2D eigenvalue weighted by Gasteiger charge is 2.34. The Labute approximate surface area is 177 Å². The van der Waals surface area contributed by atoms with Gasteiger partial charge in [-0.05, 0) is 43.4 Å². The molecule has 1 amide bonds. The van der Waals surface area contributed by atoms with Crippen molar-refractivity contribution in [1.82, 2.24) is 10.6 Å². The first-order valence-corrected chi connectivity index (χ1v) is 9.35. The highest BCUT2D eigenvalue weighted by Crippen LogP contribution is 2.29. The fourth-order valence-electron chi connectivity index (χ4n) is 1.97. The zero-order valence-electron chi connectivity index (χ0n) is 13.5. The molecule has 2 rings (SSSR count). The van der Waals surface area contributed by atoms with E-state index in [4.69, 9.17) is 58.6 Å². The summed E-state index contributed by atoms with van der Waals surface area (Å²) in [6, 6.07) is 14.0. The van der Waals surface area contributed by atoms with Gasteiger partial charge < -0.3 is 16.0 Å². The SMILES string of the molecule is Cc1ccc(C(=O)NC(NC(=S)Nc2ccccc2Cl)C(Cl)(Cl)Cl)cc1. The monoisotopic (exact) mass is 449 g/mol. The average molecular weight is 451 g/mol. The van der Waals surface area contributed by atoms with Crippen LogP contribution < -0.4 is 16.0 Å². The summed E-state index contributed by atoms with van der Waals surface area (Å²) in [6.07, 6.45) is -1.07. The number of rotatable bonds is 4. The van der Waals surface area contributed by atoms with Gasteiger partial charge in [-0.2, -0.15) is 0 Å². The van der Waals surface area contributed by atoms with E-state index >= 15 is 0 Å². The van der Waals surface area contributed by atoms with Crippen LogP contribution in [-0.2, 0) is 0 Å². The van der Waals surface area contributed by atoms with Gasteiger partial charge >= 0.3 is 0 Å². The van der Waals surface area contributed by atoms with Crippen molar-refractivity contribution in [3.05, 3.63) is 64.7 Å². The maximum absolute atomic E-state index is 12.4. The van der Waals surface area contributed by atoms with E-state index in [2.05, 4.69) is 16.0 Å². The molecule has 0 radical (unpaired) electrons. The number of alkyl halides is 3. The van der Waals surface area contributed by atoms with E-state index in [1.165, 1.54) is 0 Å². The molecule has 0 saturated heterocycles. The van der Waals surface area contributed by atoms with Crippen LogP contribution in [0, 0.1) is 6.92 Å². The third kappa shape index (κ3) is 6.18. The van der Waals surface area contributed by atoms with Crippen molar-refractivity contribution in [3.8, 4) is 0 Å². The fraction of sp³-hybridized carbons (Fsp3) is 0.176. The quantitative estimate of drug-likeness (QED) is 0.346. The van der Waals surface area contributed by atoms with Gasteiger partial charge in [0.25, 0.3) is 5.91 Å². The summed E-state index contributed by atoms with van der Waals surface area (Å²) in [7, 11) is 0. The second kappa shape index (κ2) is 9.11. The van der Waals surface area contributed by atoms with Crippen LogP contribution in [0.5, 0.6) is 0 Å². The normalized spacial score (nSPS) is 12.2. The second-order valence-corrected chi connectivity index (χ2v) is 8.58. The minimum Gasteiger partial charge on any atom is -0.339 e. The first kappa shape index (κ1) is 21.1. The molecular formula is C17H15Cl4N3OS. The summed E-state index contributed by atoms with van der Waals surface area (Å²) < 4.78 is -1.84. The number of benzene rings is 2. The minimum atomic E-state index is -1.84. The van der Waals surface area contributed by atoms with Crippen molar-refractivity contribution in [1.29, 1.82) is 0 Å². The van der Waals surface area contributed by atoms with E-state index in [-0.39, 0.29) is 5.11 Å². The number of aryl methyl sites for hydroxylation is 1. The Morgan fingerprint density at radius 1 is 1.04 bits per heavy atom. The molecule has 0 aliphatic rings. The third-order valence-corrected chi connectivity index (χ3v) is 4.52. The average Bonchev–Trinajstić information content (AvgIpc) is 2.56. The van der Waals surface area contributed by atoms with Gasteiger partial charge in [0.15, 0.2) is 5.11 Å². The number of hydrogen-bond donors (Lipinski definition) is 3. The van der Waals surface area contributed by atoms with Crippen molar-refractivity contribution in [2.75, 3.05) is 5.32 Å². The predicted octanol–water partition coefficient (Wildman–Crippen LogP) is 5.06. The third-order valence-electron chi connectivity index (χ3n) is 3.31. The van der Waals surface area contributed by atoms with E-state index in [0.717, 1.165) is 5.56 Å². The lowest BCUT2D eigenvalue weighted by Gasteiger charge is -2.28. The van der Waals surface area contributed by atoms with Crippen LogP contribution in [-0.4, -0.2) is 21.0 Å². The molecule has 0 saturated carbocycles. The summed E-state index contributed by atoms with van der Waals surface area (Å²) in [5, 5.41) is 8.91. The van der Waals surface area contributed by atoms with Crippen molar-refractivity contribution in [2.24, 2.45) is 0 Å². The molecule has 0 heterocycles. The summed E-state index contributed by atoms with van der Waals surface area (Å²) in [5.74, 6) is -0.408. The summed E-state index contributed by atoms with van der Waals surface area (Å²) in [6.45, 7) is 1.92. The lowest BCUT2D eigenvalue weighted by Crippen LogP contribution is -2.56. The van der Waals surface area contributed by atoms with E-state index in [9.17, 15) is 4.79 Å². The molecule has 4 nitrogen and oxygen atoms in total. The number of carbonyl (C=O) groups excluding carboxylic acids is 1. The van der Waals surface area contributed by atoms with Crippen LogP contribution in [0.15, 0.2) is 48.5 Å². The summed E-state index contributed by atoms with van der Waals surface area (Å²) in [5.41, 5.74) is 2.05. The van der Waals surface area contributed by atoms with Crippen LogP contribution in [0.4, 0.5) is 5.69 Å². The fourth-order valence-corrected chi connectivity index (χ4v) is 2.71. The molecule has 0 fully saturated rings. The van der Waals surface area contributed by atoms with Gasteiger partial charge in [-0.3, -0.25) is 4.79 Å². The van der Waals surface area contributed by atoms with Gasteiger partial charge in [-0.15, -0.1) is 0 Å². The van der Waals surface area contributed by atoms with Crippen LogP contribution >= 0.6 is 58.6 Å². The van der Waals surface area contributed by atoms with Crippen LogP contribution in [0.25, 0.3) is 0 Å². The standard InChI is InChI=1S/C17H15Cl4N3OS/c1-10-6-8-11(9-7-10)14(25)23-15(17(19,20)21)24-16(26)22-13-5-3-2-4-12(13)18/h2-9,15H,1H3,(H,23,25)(H2,22,24,26). The maximum Gasteiger partial charge on any atom is 0.252 e. The molecule has 0 aromatic heterocycles. The molecule has 9 heteroatoms. The summed E-state index contributed by atoms with van der Waals surface area (Å²) in [4.78, 5) is 12.4. The number of halogens is 4. The Kier molecular flexibility index (Phi) is 7.38. The Balaban J connectivity index is 2.07. The Morgan fingerprint density at radius 3 is 2.23 bits per heavy atom. The van der Waals surface area contributed by atoms with Crippen LogP contribution in [0.2, 0.25) is 5.02 Å². The molecule has 0 aliphatic heterocycles. The van der Waals surface area contributed by atoms with Gasteiger partial charge in [-0.25, -0.2) is 0 Å². The number of thiocarbonyl (C=S) groups is 1. The van der Waals surface area contributed by atoms with E-state index in [1.54, 1.807) is 36.4 Å². The van der Waals surface area contributed by atoms with Crippen molar-refractivity contribution < 1.29 is 4.79 Å². The smallest absolute Gasteiger partial charge is 0.252 e. The van der Waals surface area contributed by atoms with Gasteiger partial charge in [-0.1, -0.05) is 76.2 Å². The van der Waals surface area contributed by atoms with Gasteiger partial charge in [0, 0.05) is 5.56 Å². The predicted molar refractivity (Wildman–Crippen MR) is 114 cm³/mol. The minimum absolute atomic E-state index is 0.138. The highest BCUT2D eigenvalue weighted by atomic mass is 35.6. The van der Waals surface area contributed by atoms with Crippen molar-refractivity contribution >= 4 is 75.3 Å². The second-order valence-electron chi connectivity index (χ2n) is 5.39. The Hall–Kier alpha value is -1.24. The number of hydrogen-bond acceptors (Lipinski definition) is 2. The molecule has 138 valence electrons. The molecular weight excluding hydrogens is 436 g/mol. The zero-order valence-corrected chi connectivity index (χ0v) is 17.4. The van der Waals surface area contributed by atoms with Crippen molar-refractivity contribution in [2.45, 2.75) is 16.9 Å². The molecule has 0 aliphatic carbocycles. The number of nitrogens with one attached hydrogen (secondary N) is 3. The van der Waals surface area contributed by atoms with Gasteiger partial charge in [0.1, 0.15) is 6.17 Å². The summed E-state index contributed by atoms with van der Waals surface area (Å²) >= 11 is 29.2. The number of amides is 1. The maximum atomic E-state index is 12.4. The molecule has 2 aromatic carbocycles. The molecule has 26 heavy (non-hydrogen) atoms. The highest BCUT2D eigenvalue weighted by molar-refractivity contribution is 7.80. The number of para-hydroxylation sites is 1. The molecule has 0 bridgehead atoms.